The quantitative estimate of drug-likeness (QED) is 0.150. The van der Waals surface area contributed by atoms with Crippen molar-refractivity contribution in [1.29, 1.82) is 0 Å². The maximum Gasteiger partial charge on any atom is -0.00926 e. The average molecular weight is 727 g/mol. The van der Waals surface area contributed by atoms with Crippen LogP contribution in [-0.4, -0.2) is 0 Å². The Bertz CT molecular complexity index is 3120. The second-order valence-corrected chi connectivity index (χ2v) is 15.5. The summed E-state index contributed by atoms with van der Waals surface area (Å²) in [4.78, 5) is 0. The maximum absolute atomic E-state index is 2.43. The molecule has 0 saturated carbocycles. The first-order valence-electron chi connectivity index (χ1n) is 19.9. The highest BCUT2D eigenvalue weighted by molar-refractivity contribution is 6.26. The normalized spacial score (nSPS) is 11.4. The Kier molecular flexibility index (Phi) is 8.61. The minimum atomic E-state index is 1.22. The fourth-order valence-corrected chi connectivity index (χ4v) is 8.74. The Morgan fingerprint density at radius 3 is 0.754 bits per heavy atom. The molecule has 0 aliphatic rings. The molecular weight excluding hydrogens is 685 g/mol. The van der Waals surface area contributed by atoms with E-state index in [1.54, 1.807) is 0 Å². The lowest BCUT2D eigenvalue weighted by molar-refractivity contribution is 1.45. The van der Waals surface area contributed by atoms with E-state index in [4.69, 9.17) is 0 Å². The van der Waals surface area contributed by atoms with Crippen molar-refractivity contribution in [1.82, 2.24) is 0 Å². The van der Waals surface area contributed by atoms with Crippen LogP contribution in [0.3, 0.4) is 0 Å². The molecule has 10 aromatic carbocycles. The van der Waals surface area contributed by atoms with Crippen LogP contribution in [-0.2, 0) is 0 Å². The Morgan fingerprint density at radius 1 is 0.193 bits per heavy atom. The zero-order chi connectivity index (χ0) is 38.5. The van der Waals surface area contributed by atoms with Gasteiger partial charge in [-0.25, -0.2) is 0 Å². The van der Waals surface area contributed by atoms with Crippen molar-refractivity contribution in [3.05, 3.63) is 217 Å². The van der Waals surface area contributed by atoms with Crippen LogP contribution in [0.1, 0.15) is 16.7 Å². The van der Waals surface area contributed by atoms with Gasteiger partial charge in [-0.05, 0) is 173 Å². The zero-order valence-electron chi connectivity index (χ0n) is 32.6. The monoisotopic (exact) mass is 726 g/mol. The van der Waals surface area contributed by atoms with Crippen LogP contribution in [0.15, 0.2) is 200 Å². The minimum Gasteiger partial charge on any atom is -0.0622 e. The van der Waals surface area contributed by atoms with Gasteiger partial charge in [0.25, 0.3) is 0 Å². The fourth-order valence-electron chi connectivity index (χ4n) is 8.74. The third-order valence-corrected chi connectivity index (χ3v) is 11.9. The van der Waals surface area contributed by atoms with E-state index >= 15 is 0 Å². The van der Waals surface area contributed by atoms with Crippen LogP contribution >= 0.6 is 0 Å². The van der Waals surface area contributed by atoms with Gasteiger partial charge in [-0.3, -0.25) is 0 Å². The molecule has 0 aliphatic heterocycles. The highest BCUT2D eigenvalue weighted by atomic mass is 14.2. The molecule has 0 aromatic heterocycles. The standard InChI is InChI=1S/C57H42/c1-37-19-22-43(31-52(37)40-13-7-4-8-14-40)46-25-28-49-50-29-26-47(44-23-20-38(2)53(32-44)41-15-9-5-10-16-41)35-56(50)57-36-48(27-30-51(57)55(49)34-46)45-24-21-39(3)54(33-45)42-17-11-6-12-18-42/h4-36H,1-3H3. The molecule has 0 saturated heterocycles. The molecule has 0 radical (unpaired) electrons. The van der Waals surface area contributed by atoms with Crippen molar-refractivity contribution >= 4 is 32.3 Å². The van der Waals surface area contributed by atoms with Gasteiger partial charge in [0.2, 0.25) is 0 Å². The fraction of sp³-hybridized carbons (Fsp3) is 0.0526. The number of rotatable bonds is 6. The first-order valence-corrected chi connectivity index (χ1v) is 19.9. The highest BCUT2D eigenvalue weighted by Gasteiger charge is 2.15. The lowest BCUT2D eigenvalue weighted by Gasteiger charge is -2.16. The van der Waals surface area contributed by atoms with Crippen molar-refractivity contribution in [2.45, 2.75) is 20.8 Å². The van der Waals surface area contributed by atoms with Crippen LogP contribution in [0, 0.1) is 20.8 Å². The summed E-state index contributed by atoms with van der Waals surface area (Å²) in [6, 6.07) is 74.1. The summed E-state index contributed by atoms with van der Waals surface area (Å²) in [6.07, 6.45) is 0. The van der Waals surface area contributed by atoms with Crippen LogP contribution in [0.25, 0.3) is 99.1 Å². The Labute approximate surface area is 335 Å². The topological polar surface area (TPSA) is 0 Å². The second kappa shape index (κ2) is 14.2. The summed E-state index contributed by atoms with van der Waals surface area (Å²) in [5, 5.41) is 7.60. The smallest absolute Gasteiger partial charge is 0.00926 e. The van der Waals surface area contributed by atoms with Gasteiger partial charge in [-0.2, -0.15) is 0 Å². The van der Waals surface area contributed by atoms with E-state index in [1.165, 1.54) is 116 Å². The molecule has 0 amide bonds. The number of hydrogen-bond donors (Lipinski definition) is 0. The van der Waals surface area contributed by atoms with Crippen LogP contribution in [0.4, 0.5) is 0 Å². The molecule has 0 unspecified atom stereocenters. The van der Waals surface area contributed by atoms with Crippen molar-refractivity contribution in [2.24, 2.45) is 0 Å². The van der Waals surface area contributed by atoms with E-state index in [2.05, 4.69) is 221 Å². The Hall–Kier alpha value is -7.02. The molecule has 57 heavy (non-hydrogen) atoms. The van der Waals surface area contributed by atoms with Gasteiger partial charge in [-0.15, -0.1) is 0 Å². The molecule has 10 rings (SSSR count). The average Bonchev–Trinajstić information content (AvgIpc) is 3.27. The zero-order valence-corrected chi connectivity index (χ0v) is 32.6. The SMILES string of the molecule is Cc1ccc(-c2ccc3c4ccc(-c5ccc(C)c(-c6ccccc6)c5)cc4c4cc(-c5ccc(C)c(-c6ccccc6)c5)ccc4c3c2)cc1-c1ccccc1. The van der Waals surface area contributed by atoms with Gasteiger partial charge in [0.15, 0.2) is 0 Å². The van der Waals surface area contributed by atoms with Gasteiger partial charge in [0.05, 0.1) is 0 Å². The van der Waals surface area contributed by atoms with E-state index in [0.29, 0.717) is 0 Å². The molecule has 0 spiro atoms. The number of aryl methyl sites for hydroxylation is 3. The lowest BCUT2D eigenvalue weighted by atomic mass is 9.87. The predicted molar refractivity (Wildman–Crippen MR) is 246 cm³/mol. The van der Waals surface area contributed by atoms with Crippen LogP contribution < -0.4 is 0 Å². The molecule has 0 fully saturated rings. The number of benzene rings is 10. The third-order valence-electron chi connectivity index (χ3n) is 11.9. The first kappa shape index (κ1) is 34.5. The second-order valence-electron chi connectivity index (χ2n) is 15.5. The first-order chi connectivity index (χ1) is 28.0. The van der Waals surface area contributed by atoms with Gasteiger partial charge in [-0.1, -0.05) is 164 Å². The predicted octanol–water partition coefficient (Wildman–Crippen LogP) is 16.1. The number of hydrogen-bond acceptors (Lipinski definition) is 0. The van der Waals surface area contributed by atoms with Crippen molar-refractivity contribution in [2.75, 3.05) is 0 Å². The Morgan fingerprint density at radius 2 is 0.439 bits per heavy atom. The summed E-state index contributed by atoms with van der Waals surface area (Å²) in [7, 11) is 0. The van der Waals surface area contributed by atoms with E-state index in [9.17, 15) is 0 Å². The van der Waals surface area contributed by atoms with Crippen molar-refractivity contribution in [3.8, 4) is 66.8 Å². The molecule has 0 aliphatic carbocycles. The molecule has 0 nitrogen and oxygen atoms in total. The molecule has 0 heteroatoms. The van der Waals surface area contributed by atoms with Gasteiger partial charge in [0.1, 0.15) is 0 Å². The van der Waals surface area contributed by atoms with Gasteiger partial charge < -0.3 is 0 Å². The molecular formula is C57H42. The van der Waals surface area contributed by atoms with Crippen LogP contribution in [0.2, 0.25) is 0 Å². The van der Waals surface area contributed by atoms with Crippen LogP contribution in [0.5, 0.6) is 0 Å². The summed E-state index contributed by atoms with van der Waals surface area (Å²) in [5.74, 6) is 0. The van der Waals surface area contributed by atoms with Crippen molar-refractivity contribution in [3.63, 3.8) is 0 Å². The van der Waals surface area contributed by atoms with Gasteiger partial charge in [0, 0.05) is 0 Å². The lowest BCUT2D eigenvalue weighted by Crippen LogP contribution is -1.90. The van der Waals surface area contributed by atoms with E-state index in [1.807, 2.05) is 0 Å². The number of fused-ring (bicyclic) bond motifs is 6. The maximum atomic E-state index is 2.43. The molecule has 0 heterocycles. The minimum absolute atomic E-state index is 1.22. The molecule has 0 atom stereocenters. The molecule has 10 aromatic rings. The molecule has 0 N–H and O–H groups in total. The summed E-state index contributed by atoms with van der Waals surface area (Å²) in [5.41, 5.74) is 18.7. The van der Waals surface area contributed by atoms with Crippen molar-refractivity contribution < 1.29 is 0 Å². The summed E-state index contributed by atoms with van der Waals surface area (Å²) >= 11 is 0. The highest BCUT2D eigenvalue weighted by Crippen LogP contribution is 2.42. The third kappa shape index (κ3) is 6.30. The largest absolute Gasteiger partial charge is 0.0622 e. The molecule has 270 valence electrons. The van der Waals surface area contributed by atoms with E-state index in [0.717, 1.165) is 0 Å². The Balaban J connectivity index is 1.19. The molecule has 0 bridgehead atoms. The van der Waals surface area contributed by atoms with E-state index < -0.39 is 0 Å². The van der Waals surface area contributed by atoms with Gasteiger partial charge >= 0.3 is 0 Å². The van der Waals surface area contributed by atoms with E-state index in [-0.39, 0.29) is 0 Å². The summed E-state index contributed by atoms with van der Waals surface area (Å²) < 4.78 is 0. The summed E-state index contributed by atoms with van der Waals surface area (Å²) in [6.45, 7) is 6.61.